The van der Waals surface area contributed by atoms with Crippen LogP contribution in [0.2, 0.25) is 0 Å². The lowest BCUT2D eigenvalue weighted by atomic mass is 10.0. The van der Waals surface area contributed by atoms with Crippen LogP contribution in [0.4, 0.5) is 0 Å². The number of ether oxygens (including phenoxy) is 2. The van der Waals surface area contributed by atoms with Crippen molar-refractivity contribution < 1.29 is 37.6 Å². The van der Waals surface area contributed by atoms with Crippen molar-refractivity contribution in [3.63, 3.8) is 0 Å². The predicted molar refractivity (Wildman–Crippen MR) is 312 cm³/mol. The maximum atomic E-state index is 12.7. The zero-order valence-corrected chi connectivity index (χ0v) is 49.0. The van der Waals surface area contributed by atoms with Crippen LogP contribution in [-0.2, 0) is 32.7 Å². The van der Waals surface area contributed by atoms with Gasteiger partial charge in [0.2, 0.25) is 0 Å². The van der Waals surface area contributed by atoms with Gasteiger partial charge in [0.25, 0.3) is 0 Å². The number of rotatable bonds is 60. The van der Waals surface area contributed by atoms with E-state index in [0.29, 0.717) is 6.42 Å². The van der Waals surface area contributed by atoms with Gasteiger partial charge in [0, 0.05) is 19.4 Å². The monoisotopic (exact) mass is 1050 g/mol. The Balaban J connectivity index is 3.83. The molecule has 0 fully saturated rings. The number of nitrogens with two attached hydrogens (primary N) is 1. The van der Waals surface area contributed by atoms with E-state index in [1.807, 2.05) is 0 Å². The number of phosphoric acid groups is 1. The Bertz CT molecular complexity index is 1290. The van der Waals surface area contributed by atoms with Crippen LogP contribution < -0.4 is 5.73 Å². The second-order valence-corrected chi connectivity index (χ2v) is 22.7. The summed E-state index contributed by atoms with van der Waals surface area (Å²) < 4.78 is 33.0. The van der Waals surface area contributed by atoms with Crippen molar-refractivity contribution in [2.24, 2.45) is 5.73 Å². The molecule has 0 aliphatic carbocycles. The molecule has 430 valence electrons. The third kappa shape index (κ3) is 59.3. The zero-order valence-electron chi connectivity index (χ0n) is 48.1. The standard InChI is InChI=1S/C63H120NO8P/c1-3-5-7-9-11-13-15-17-19-21-23-24-25-26-27-28-29-30-31-32-33-34-35-36-38-39-41-43-45-47-49-51-53-55-62(65)69-59-61(60-71-73(67,68)70-58-57-64)72-63(66)56-54-52-50-48-46-44-42-40-37-22-20-18-16-14-12-10-8-6-4-2/h12,14,18,20,37,40,61H,3-11,13,15-17,19,21-36,38-39,41-60,64H2,1-2H3,(H,67,68)/b14-12-,20-18-,40-37-. The molecular formula is C63H120NO8P. The minimum atomic E-state index is -4.39. The highest BCUT2D eigenvalue weighted by Gasteiger charge is 2.26. The smallest absolute Gasteiger partial charge is 0.462 e. The zero-order chi connectivity index (χ0) is 53.1. The lowest BCUT2D eigenvalue weighted by Crippen LogP contribution is -2.29. The van der Waals surface area contributed by atoms with Gasteiger partial charge >= 0.3 is 19.8 Å². The first-order chi connectivity index (χ1) is 35.8. The lowest BCUT2D eigenvalue weighted by molar-refractivity contribution is -0.161. The molecule has 73 heavy (non-hydrogen) atoms. The van der Waals surface area contributed by atoms with Crippen molar-refractivity contribution in [3.05, 3.63) is 36.5 Å². The maximum Gasteiger partial charge on any atom is 0.472 e. The van der Waals surface area contributed by atoms with Crippen molar-refractivity contribution in [2.45, 2.75) is 328 Å². The predicted octanol–water partition coefficient (Wildman–Crippen LogP) is 20.0. The molecule has 0 aromatic rings. The molecule has 0 aliphatic heterocycles. The average molecular weight is 1050 g/mol. The molecule has 0 heterocycles. The minimum absolute atomic E-state index is 0.0519. The molecule has 9 nitrogen and oxygen atoms in total. The molecule has 2 unspecified atom stereocenters. The Morgan fingerprint density at radius 1 is 0.411 bits per heavy atom. The van der Waals surface area contributed by atoms with Crippen molar-refractivity contribution >= 4 is 19.8 Å². The minimum Gasteiger partial charge on any atom is -0.462 e. The van der Waals surface area contributed by atoms with Gasteiger partial charge in [0.05, 0.1) is 13.2 Å². The fourth-order valence-corrected chi connectivity index (χ4v) is 10.1. The van der Waals surface area contributed by atoms with Crippen LogP contribution in [0.1, 0.15) is 322 Å². The summed E-state index contributed by atoms with van der Waals surface area (Å²) in [5, 5.41) is 0. The van der Waals surface area contributed by atoms with E-state index >= 15 is 0 Å². The van der Waals surface area contributed by atoms with Crippen LogP contribution in [0.3, 0.4) is 0 Å². The van der Waals surface area contributed by atoms with E-state index in [1.165, 1.54) is 218 Å². The van der Waals surface area contributed by atoms with Gasteiger partial charge in [-0.1, -0.05) is 294 Å². The third-order valence-corrected chi connectivity index (χ3v) is 15.0. The first kappa shape index (κ1) is 71.2. The summed E-state index contributed by atoms with van der Waals surface area (Å²) in [7, 11) is -4.39. The van der Waals surface area contributed by atoms with Gasteiger partial charge < -0.3 is 20.1 Å². The van der Waals surface area contributed by atoms with Crippen LogP contribution in [0, 0.1) is 0 Å². The first-order valence-corrected chi connectivity index (χ1v) is 33.0. The van der Waals surface area contributed by atoms with Gasteiger partial charge in [-0.2, -0.15) is 0 Å². The molecule has 0 saturated heterocycles. The summed E-state index contributed by atoms with van der Waals surface area (Å²) in [6.45, 7) is 3.75. The van der Waals surface area contributed by atoms with Crippen molar-refractivity contribution in [3.8, 4) is 0 Å². The Kier molecular flexibility index (Phi) is 58.0. The van der Waals surface area contributed by atoms with Gasteiger partial charge in [-0.15, -0.1) is 0 Å². The van der Waals surface area contributed by atoms with Gasteiger partial charge in [-0.3, -0.25) is 18.6 Å². The van der Waals surface area contributed by atoms with E-state index in [0.717, 1.165) is 70.6 Å². The molecule has 0 aliphatic rings. The molecule has 0 amide bonds. The molecule has 0 radical (unpaired) electrons. The first-order valence-electron chi connectivity index (χ1n) is 31.5. The largest absolute Gasteiger partial charge is 0.472 e. The average Bonchev–Trinajstić information content (AvgIpc) is 3.38. The van der Waals surface area contributed by atoms with Gasteiger partial charge in [0.1, 0.15) is 6.61 Å². The molecule has 2 atom stereocenters. The van der Waals surface area contributed by atoms with Crippen molar-refractivity contribution in [2.75, 3.05) is 26.4 Å². The Labute approximate surface area is 452 Å². The fourth-order valence-electron chi connectivity index (χ4n) is 9.35. The van der Waals surface area contributed by atoms with Gasteiger partial charge in [0.15, 0.2) is 6.10 Å². The van der Waals surface area contributed by atoms with E-state index in [2.05, 4.69) is 50.3 Å². The number of carbonyl (C=O) groups excluding carboxylic acids is 2. The topological polar surface area (TPSA) is 134 Å². The summed E-state index contributed by atoms with van der Waals surface area (Å²) >= 11 is 0. The van der Waals surface area contributed by atoms with E-state index < -0.39 is 26.5 Å². The molecule has 0 bridgehead atoms. The summed E-state index contributed by atoms with van der Waals surface area (Å²) in [5.41, 5.74) is 5.38. The fraction of sp³-hybridized carbons (Fsp3) is 0.873. The number of hydrogen-bond acceptors (Lipinski definition) is 8. The lowest BCUT2D eigenvalue weighted by Gasteiger charge is -2.19. The van der Waals surface area contributed by atoms with Crippen molar-refractivity contribution in [1.82, 2.24) is 0 Å². The SMILES string of the molecule is CCCCC/C=C\C/C=C\C/C=C\CCCCCCCCC(=O)OC(COC(=O)CCCCCCCCCCCCCCCCCCCCCCCCCCCCCCCCCCC)COP(=O)(O)OCCN. The molecule has 0 aromatic carbocycles. The quantitative estimate of drug-likeness (QED) is 0.0264. The Morgan fingerprint density at radius 2 is 0.712 bits per heavy atom. The molecular weight excluding hydrogens is 930 g/mol. The number of carbonyl (C=O) groups is 2. The maximum absolute atomic E-state index is 12.7. The van der Waals surface area contributed by atoms with Crippen LogP contribution in [-0.4, -0.2) is 49.3 Å². The van der Waals surface area contributed by atoms with Crippen LogP contribution in [0.25, 0.3) is 0 Å². The number of allylic oxidation sites excluding steroid dienone is 6. The Hall–Kier alpha value is -1.77. The molecule has 10 heteroatoms. The summed E-state index contributed by atoms with van der Waals surface area (Å²) in [4.78, 5) is 35.2. The third-order valence-electron chi connectivity index (χ3n) is 14.0. The second-order valence-electron chi connectivity index (χ2n) is 21.3. The normalized spacial score (nSPS) is 13.2. The number of unbranched alkanes of at least 4 members (excludes halogenated alkanes) is 41. The van der Waals surface area contributed by atoms with E-state index in [9.17, 15) is 19.0 Å². The van der Waals surface area contributed by atoms with E-state index in [1.54, 1.807) is 0 Å². The van der Waals surface area contributed by atoms with E-state index in [4.69, 9.17) is 24.3 Å². The molecule has 0 spiro atoms. The number of esters is 2. The highest BCUT2D eigenvalue weighted by Crippen LogP contribution is 2.43. The summed E-state index contributed by atoms with van der Waals surface area (Å²) in [5.74, 6) is -0.828. The van der Waals surface area contributed by atoms with Gasteiger partial charge in [-0.25, -0.2) is 4.57 Å². The van der Waals surface area contributed by atoms with Crippen molar-refractivity contribution in [1.29, 1.82) is 0 Å². The molecule has 3 N–H and O–H groups in total. The molecule has 0 saturated carbocycles. The Morgan fingerprint density at radius 3 is 1.08 bits per heavy atom. The van der Waals surface area contributed by atoms with Crippen LogP contribution in [0.5, 0.6) is 0 Å². The van der Waals surface area contributed by atoms with Crippen LogP contribution >= 0.6 is 7.82 Å². The molecule has 0 rings (SSSR count). The highest BCUT2D eigenvalue weighted by atomic mass is 31.2. The second kappa shape index (κ2) is 59.5. The van der Waals surface area contributed by atoms with Gasteiger partial charge in [-0.05, 0) is 51.4 Å². The van der Waals surface area contributed by atoms with Crippen LogP contribution in [0.15, 0.2) is 36.5 Å². The summed E-state index contributed by atoms with van der Waals surface area (Å²) in [6, 6.07) is 0. The molecule has 0 aromatic heterocycles. The summed E-state index contributed by atoms with van der Waals surface area (Å²) in [6.07, 6.45) is 72.3. The number of phosphoric ester groups is 1. The van der Waals surface area contributed by atoms with E-state index in [-0.39, 0.29) is 38.6 Å². The number of hydrogen-bond donors (Lipinski definition) is 2. The highest BCUT2D eigenvalue weighted by molar-refractivity contribution is 7.47.